The number of rotatable bonds is 7. The normalized spacial score (nSPS) is 14.3. The molecule has 4 heterocycles. The van der Waals surface area contributed by atoms with Crippen molar-refractivity contribution in [2.24, 2.45) is 0 Å². The molecular weight excluding hydrogens is 981 g/mol. The Balaban J connectivity index is 1.23. The molecule has 0 aliphatic carbocycles. The highest BCUT2D eigenvalue weighted by atomic mass is 28.3. The summed E-state index contributed by atoms with van der Waals surface area (Å²) in [5.41, 5.74) is 3.80. The Morgan fingerprint density at radius 1 is 0.273 bits per heavy atom. The number of furan rings is 1. The van der Waals surface area contributed by atoms with Gasteiger partial charge >= 0.3 is 0 Å². The zero-order valence-electron chi connectivity index (χ0n) is 42.2. The van der Waals surface area contributed by atoms with Crippen LogP contribution in [-0.4, -0.2) is 33.8 Å². The highest BCUT2D eigenvalue weighted by molar-refractivity contribution is 7.33. The molecule has 0 amide bonds. The van der Waals surface area contributed by atoms with Crippen LogP contribution in [0, 0.1) is 0 Å². The standard InChI is InChI=1S/C71H50N2OSi3/c1-7-27-51(28-8-1)75(52-29-9-2-10-30-52)64-43-23-25-45-66(64)76(53-31-11-3-12-32-53,54-33-13-4-14-34-54)68-49-60-59-47-48-72-71(73-61-41-21-19-39-57(61)58-40-20-22-42-62(58)73)70(59)74-63(60)50-69(68)77(55-35-15-5-16-36-55,56-37-17-6-18-38-56)67-46-26-24-44-65(67)75/h1-50H. The van der Waals surface area contributed by atoms with Crippen molar-refractivity contribution in [1.82, 2.24) is 9.55 Å². The molecule has 1 aliphatic heterocycles. The van der Waals surface area contributed by atoms with Crippen molar-refractivity contribution < 1.29 is 4.42 Å². The Kier molecular flexibility index (Phi) is 10.6. The monoisotopic (exact) mass is 1030 g/mol. The summed E-state index contributed by atoms with van der Waals surface area (Å²) in [6.07, 6.45) is 1.98. The average molecular weight is 1030 g/mol. The first kappa shape index (κ1) is 45.2. The lowest BCUT2D eigenvalue weighted by Crippen LogP contribution is -2.85. The van der Waals surface area contributed by atoms with Crippen LogP contribution in [0.4, 0.5) is 0 Å². The van der Waals surface area contributed by atoms with Crippen LogP contribution in [0.2, 0.25) is 0 Å². The maximum atomic E-state index is 7.62. The van der Waals surface area contributed by atoms with Crippen LogP contribution in [0.25, 0.3) is 49.6 Å². The summed E-state index contributed by atoms with van der Waals surface area (Å²) in [6, 6.07) is 114. The van der Waals surface area contributed by atoms with Crippen LogP contribution < -0.4 is 62.2 Å². The Morgan fingerprint density at radius 2 is 0.584 bits per heavy atom. The molecule has 0 bridgehead atoms. The fourth-order valence-electron chi connectivity index (χ4n) is 13.9. The van der Waals surface area contributed by atoms with E-state index in [0.717, 1.165) is 38.8 Å². The zero-order chi connectivity index (χ0) is 51.0. The Bertz CT molecular complexity index is 4330. The number of hydrogen-bond donors (Lipinski definition) is 0. The van der Waals surface area contributed by atoms with Gasteiger partial charge in [-0.25, -0.2) is 4.98 Å². The summed E-state index contributed by atoms with van der Waals surface area (Å²) >= 11 is 0. The van der Waals surface area contributed by atoms with E-state index in [-0.39, 0.29) is 0 Å². The van der Waals surface area contributed by atoms with E-state index in [0.29, 0.717) is 0 Å². The molecule has 15 rings (SSSR count). The second-order valence-electron chi connectivity index (χ2n) is 20.4. The van der Waals surface area contributed by atoms with Crippen molar-refractivity contribution in [3.05, 3.63) is 303 Å². The summed E-state index contributed by atoms with van der Waals surface area (Å²) in [6.45, 7) is 0. The largest absolute Gasteiger partial charge is 0.452 e. The van der Waals surface area contributed by atoms with E-state index in [1.54, 1.807) is 0 Å². The van der Waals surface area contributed by atoms with Gasteiger partial charge in [0.15, 0.2) is 35.6 Å². The number of fused-ring (bicyclic) bond motifs is 9. The molecule has 11 aromatic carbocycles. The molecule has 14 aromatic rings. The fraction of sp³-hybridized carbons (Fsp3) is 0. The van der Waals surface area contributed by atoms with E-state index in [2.05, 4.69) is 302 Å². The molecule has 3 nitrogen and oxygen atoms in total. The zero-order valence-corrected chi connectivity index (χ0v) is 45.2. The molecule has 362 valence electrons. The summed E-state index contributed by atoms with van der Waals surface area (Å²) in [5.74, 6) is 0.779. The quantitative estimate of drug-likeness (QED) is 0.150. The molecule has 0 N–H and O–H groups in total. The highest BCUT2D eigenvalue weighted by Crippen LogP contribution is 2.37. The lowest BCUT2D eigenvalue weighted by atomic mass is 10.2. The molecule has 0 radical (unpaired) electrons. The fourth-order valence-corrected chi connectivity index (χ4v) is 32.0. The molecule has 0 saturated heterocycles. The second kappa shape index (κ2) is 18.0. The molecule has 3 aromatic heterocycles. The number of hydrogen-bond acceptors (Lipinski definition) is 2. The van der Waals surface area contributed by atoms with Crippen LogP contribution in [0.1, 0.15) is 0 Å². The van der Waals surface area contributed by atoms with Crippen molar-refractivity contribution >= 4 is 130 Å². The van der Waals surface area contributed by atoms with E-state index in [1.807, 2.05) is 6.20 Å². The van der Waals surface area contributed by atoms with Crippen molar-refractivity contribution in [1.29, 1.82) is 0 Å². The second-order valence-corrected chi connectivity index (χ2v) is 31.6. The molecule has 77 heavy (non-hydrogen) atoms. The smallest absolute Gasteiger partial charge is 0.181 e. The molecule has 0 spiro atoms. The molecule has 6 heteroatoms. The molecule has 1 aliphatic rings. The lowest BCUT2D eigenvalue weighted by Gasteiger charge is -2.41. The molecule has 0 unspecified atom stereocenters. The summed E-state index contributed by atoms with van der Waals surface area (Å²) < 4.78 is 9.92. The molecule has 0 saturated carbocycles. The van der Waals surface area contributed by atoms with Gasteiger partial charge in [-0.1, -0.05) is 273 Å². The Labute approximate surface area is 450 Å². The van der Waals surface area contributed by atoms with E-state index in [1.165, 1.54) is 73.0 Å². The minimum Gasteiger partial charge on any atom is -0.452 e. The van der Waals surface area contributed by atoms with Gasteiger partial charge < -0.3 is 4.42 Å². The van der Waals surface area contributed by atoms with Crippen LogP contribution >= 0.6 is 0 Å². The molecular formula is C71H50N2OSi3. The predicted molar refractivity (Wildman–Crippen MR) is 330 cm³/mol. The number of para-hydroxylation sites is 2. The van der Waals surface area contributed by atoms with Crippen LogP contribution in [-0.2, 0) is 0 Å². The summed E-state index contributed by atoms with van der Waals surface area (Å²) in [7, 11) is -10.5. The number of nitrogens with zero attached hydrogens (tertiary/aromatic N) is 2. The molecule has 0 atom stereocenters. The van der Waals surface area contributed by atoms with E-state index in [4.69, 9.17) is 9.40 Å². The Hall–Kier alpha value is -9.18. The number of benzene rings is 11. The summed E-state index contributed by atoms with van der Waals surface area (Å²) in [5, 5.41) is 20.8. The topological polar surface area (TPSA) is 31.0 Å². The van der Waals surface area contributed by atoms with Crippen LogP contribution in [0.3, 0.4) is 0 Å². The van der Waals surface area contributed by atoms with Crippen molar-refractivity contribution in [2.45, 2.75) is 0 Å². The lowest BCUT2D eigenvalue weighted by molar-refractivity contribution is 0.664. The SMILES string of the molecule is c1ccc([Si]2(c3ccccc3)c3ccccc3[Si](c3ccccc3)(c3ccccc3)c3cc4oc5c(-n6c7ccccc7c7ccccc76)nccc5c4cc3[Si](c3ccccc3)(c3ccccc3)c3ccccc32)cc1. The Morgan fingerprint density at radius 3 is 0.961 bits per heavy atom. The van der Waals surface area contributed by atoms with Gasteiger partial charge in [0.1, 0.15) is 5.58 Å². The van der Waals surface area contributed by atoms with Gasteiger partial charge in [0, 0.05) is 27.7 Å². The van der Waals surface area contributed by atoms with Crippen LogP contribution in [0.15, 0.2) is 308 Å². The van der Waals surface area contributed by atoms with E-state index >= 15 is 0 Å². The predicted octanol–water partition coefficient (Wildman–Crippen LogP) is 8.52. The first-order chi connectivity index (χ1) is 38.2. The maximum absolute atomic E-state index is 7.62. The van der Waals surface area contributed by atoms with Crippen molar-refractivity contribution in [2.75, 3.05) is 0 Å². The van der Waals surface area contributed by atoms with Gasteiger partial charge in [-0.3, -0.25) is 4.57 Å². The number of aromatic nitrogens is 2. The van der Waals surface area contributed by atoms with Crippen LogP contribution in [0.5, 0.6) is 0 Å². The van der Waals surface area contributed by atoms with E-state index in [9.17, 15) is 0 Å². The van der Waals surface area contributed by atoms with Gasteiger partial charge in [-0.05, 0) is 86.5 Å². The minimum absolute atomic E-state index is 0.767. The van der Waals surface area contributed by atoms with Gasteiger partial charge in [0.05, 0.1) is 11.0 Å². The summed E-state index contributed by atoms with van der Waals surface area (Å²) in [4.78, 5) is 5.26. The first-order valence-corrected chi connectivity index (χ1v) is 32.6. The third-order valence-electron chi connectivity index (χ3n) is 16.8. The third-order valence-corrected chi connectivity index (χ3v) is 32.2. The van der Waals surface area contributed by atoms with E-state index < -0.39 is 24.2 Å². The van der Waals surface area contributed by atoms with Crippen molar-refractivity contribution in [3.63, 3.8) is 0 Å². The van der Waals surface area contributed by atoms with Gasteiger partial charge in [0.25, 0.3) is 0 Å². The van der Waals surface area contributed by atoms with Gasteiger partial charge in [-0.15, -0.1) is 0 Å². The maximum Gasteiger partial charge on any atom is 0.181 e. The van der Waals surface area contributed by atoms with Gasteiger partial charge in [0.2, 0.25) is 0 Å². The highest BCUT2D eigenvalue weighted by Gasteiger charge is 2.57. The number of pyridine rings is 1. The average Bonchev–Trinajstić information content (AvgIpc) is 4.31. The first-order valence-electron chi connectivity index (χ1n) is 26.6. The van der Waals surface area contributed by atoms with Crippen molar-refractivity contribution in [3.8, 4) is 5.82 Å². The third kappa shape index (κ3) is 6.44. The minimum atomic E-state index is -3.56. The molecule has 0 fully saturated rings. The van der Waals surface area contributed by atoms with Gasteiger partial charge in [-0.2, -0.15) is 0 Å².